The molecule has 1 aliphatic rings. The first-order valence-electron chi connectivity index (χ1n) is 6.21. The molecular formula is C14H20ClNO. The first-order chi connectivity index (χ1) is 7.98. The number of hydrogen-bond acceptors (Lipinski definition) is 2. The van der Waals surface area contributed by atoms with Crippen LogP contribution in [0.2, 0.25) is 5.02 Å². The Morgan fingerprint density at radius 1 is 1.41 bits per heavy atom. The van der Waals surface area contributed by atoms with Gasteiger partial charge in [0.2, 0.25) is 0 Å². The highest BCUT2D eigenvalue weighted by molar-refractivity contribution is 6.30. The first-order valence-corrected chi connectivity index (χ1v) is 6.59. The lowest BCUT2D eigenvalue weighted by Crippen LogP contribution is -2.34. The van der Waals surface area contributed by atoms with Crippen molar-refractivity contribution in [1.29, 1.82) is 0 Å². The molecule has 3 heteroatoms. The van der Waals surface area contributed by atoms with Gasteiger partial charge < -0.3 is 10.8 Å². The minimum absolute atomic E-state index is 0.0322. The molecule has 0 saturated heterocycles. The van der Waals surface area contributed by atoms with E-state index in [2.05, 4.69) is 0 Å². The Labute approximate surface area is 108 Å². The largest absolute Gasteiger partial charge is 0.390 e. The van der Waals surface area contributed by atoms with Gasteiger partial charge in [-0.15, -0.1) is 0 Å². The number of aliphatic hydroxyl groups is 1. The molecule has 1 saturated carbocycles. The van der Waals surface area contributed by atoms with Crippen LogP contribution in [0, 0.1) is 5.92 Å². The molecule has 0 amide bonds. The van der Waals surface area contributed by atoms with E-state index in [0.29, 0.717) is 5.92 Å². The summed E-state index contributed by atoms with van der Waals surface area (Å²) in [4.78, 5) is 0. The van der Waals surface area contributed by atoms with Crippen molar-refractivity contribution in [3.8, 4) is 0 Å². The summed E-state index contributed by atoms with van der Waals surface area (Å²) in [7, 11) is 0. The average molecular weight is 254 g/mol. The van der Waals surface area contributed by atoms with E-state index in [1.807, 2.05) is 31.2 Å². The SMILES string of the molecule is CC1(O)CCC(C(N)c2cccc(Cl)c2)CC1. The van der Waals surface area contributed by atoms with E-state index < -0.39 is 5.60 Å². The number of halogens is 1. The van der Waals surface area contributed by atoms with Gasteiger partial charge in [0.25, 0.3) is 0 Å². The van der Waals surface area contributed by atoms with Crippen LogP contribution in [0.1, 0.15) is 44.2 Å². The van der Waals surface area contributed by atoms with E-state index in [0.717, 1.165) is 36.3 Å². The van der Waals surface area contributed by atoms with E-state index in [1.165, 1.54) is 0 Å². The summed E-state index contributed by atoms with van der Waals surface area (Å²) >= 11 is 5.98. The fourth-order valence-electron chi connectivity index (χ4n) is 2.61. The fraction of sp³-hybridized carbons (Fsp3) is 0.571. The molecule has 17 heavy (non-hydrogen) atoms. The highest BCUT2D eigenvalue weighted by Gasteiger charge is 2.31. The maximum atomic E-state index is 9.93. The maximum absolute atomic E-state index is 9.93. The van der Waals surface area contributed by atoms with E-state index in [4.69, 9.17) is 17.3 Å². The Morgan fingerprint density at radius 3 is 2.65 bits per heavy atom. The summed E-state index contributed by atoms with van der Waals surface area (Å²) in [6, 6.07) is 7.81. The average Bonchev–Trinajstić information content (AvgIpc) is 2.28. The quantitative estimate of drug-likeness (QED) is 0.850. The van der Waals surface area contributed by atoms with Gasteiger partial charge in [-0.05, 0) is 56.2 Å². The Kier molecular flexibility index (Phi) is 3.76. The molecule has 1 aromatic rings. The lowest BCUT2D eigenvalue weighted by molar-refractivity contribution is 0.00447. The summed E-state index contributed by atoms with van der Waals surface area (Å²) < 4.78 is 0. The van der Waals surface area contributed by atoms with Crippen LogP contribution in [0.15, 0.2) is 24.3 Å². The van der Waals surface area contributed by atoms with Crippen molar-refractivity contribution in [1.82, 2.24) is 0 Å². The van der Waals surface area contributed by atoms with Crippen LogP contribution >= 0.6 is 11.6 Å². The Hall–Kier alpha value is -0.570. The predicted molar refractivity (Wildman–Crippen MR) is 71.0 cm³/mol. The van der Waals surface area contributed by atoms with Crippen molar-refractivity contribution in [2.24, 2.45) is 11.7 Å². The van der Waals surface area contributed by atoms with Crippen LogP contribution < -0.4 is 5.73 Å². The zero-order chi connectivity index (χ0) is 12.5. The minimum atomic E-state index is -0.495. The highest BCUT2D eigenvalue weighted by atomic mass is 35.5. The highest BCUT2D eigenvalue weighted by Crippen LogP contribution is 2.37. The van der Waals surface area contributed by atoms with Gasteiger partial charge in [0.1, 0.15) is 0 Å². The third kappa shape index (κ3) is 3.21. The molecule has 0 bridgehead atoms. The summed E-state index contributed by atoms with van der Waals surface area (Å²) in [6.45, 7) is 1.91. The van der Waals surface area contributed by atoms with Crippen LogP contribution in [0.3, 0.4) is 0 Å². The van der Waals surface area contributed by atoms with E-state index in [9.17, 15) is 5.11 Å². The minimum Gasteiger partial charge on any atom is -0.390 e. The van der Waals surface area contributed by atoms with Crippen molar-refractivity contribution >= 4 is 11.6 Å². The van der Waals surface area contributed by atoms with Gasteiger partial charge in [-0.2, -0.15) is 0 Å². The molecule has 2 nitrogen and oxygen atoms in total. The molecule has 2 rings (SSSR count). The van der Waals surface area contributed by atoms with Crippen molar-refractivity contribution < 1.29 is 5.11 Å². The molecule has 1 fully saturated rings. The van der Waals surface area contributed by atoms with Crippen LogP contribution in [0.5, 0.6) is 0 Å². The van der Waals surface area contributed by atoms with Crippen molar-refractivity contribution in [3.05, 3.63) is 34.9 Å². The van der Waals surface area contributed by atoms with Gasteiger partial charge in [-0.25, -0.2) is 0 Å². The summed E-state index contributed by atoms with van der Waals surface area (Å²) in [6.07, 6.45) is 3.65. The third-order valence-corrected chi connectivity index (χ3v) is 4.08. The second-order valence-corrected chi connectivity index (χ2v) is 5.85. The monoisotopic (exact) mass is 253 g/mol. The van der Waals surface area contributed by atoms with Crippen LogP contribution in [0.25, 0.3) is 0 Å². The summed E-state index contributed by atoms with van der Waals surface area (Å²) in [5.41, 5.74) is 6.89. The Bertz CT molecular complexity index is 382. The van der Waals surface area contributed by atoms with Gasteiger partial charge >= 0.3 is 0 Å². The number of rotatable bonds is 2. The molecular weight excluding hydrogens is 234 g/mol. The van der Waals surface area contributed by atoms with Gasteiger partial charge in [0.05, 0.1) is 5.60 Å². The van der Waals surface area contributed by atoms with Crippen molar-refractivity contribution in [2.75, 3.05) is 0 Å². The molecule has 1 aliphatic carbocycles. The van der Waals surface area contributed by atoms with Gasteiger partial charge in [0, 0.05) is 11.1 Å². The zero-order valence-corrected chi connectivity index (χ0v) is 11.0. The van der Waals surface area contributed by atoms with Crippen LogP contribution in [0.4, 0.5) is 0 Å². The molecule has 0 spiro atoms. The third-order valence-electron chi connectivity index (χ3n) is 3.85. The number of nitrogens with two attached hydrogens (primary N) is 1. The van der Waals surface area contributed by atoms with Gasteiger partial charge in [0.15, 0.2) is 0 Å². The molecule has 94 valence electrons. The van der Waals surface area contributed by atoms with E-state index in [1.54, 1.807) is 0 Å². The predicted octanol–water partition coefficient (Wildman–Crippen LogP) is 3.28. The fourth-order valence-corrected chi connectivity index (χ4v) is 2.81. The van der Waals surface area contributed by atoms with Gasteiger partial charge in [-0.3, -0.25) is 0 Å². The van der Waals surface area contributed by atoms with Crippen LogP contribution in [-0.4, -0.2) is 10.7 Å². The van der Waals surface area contributed by atoms with Crippen LogP contribution in [-0.2, 0) is 0 Å². The molecule has 0 aromatic heterocycles. The number of benzene rings is 1. The second kappa shape index (κ2) is 4.97. The van der Waals surface area contributed by atoms with Crippen molar-refractivity contribution in [2.45, 2.75) is 44.2 Å². The standard InChI is InChI=1S/C14H20ClNO/c1-14(17)7-5-10(6-8-14)13(16)11-3-2-4-12(15)9-11/h2-4,9-10,13,17H,5-8,16H2,1H3. The zero-order valence-electron chi connectivity index (χ0n) is 10.2. The number of hydrogen-bond donors (Lipinski definition) is 2. The Morgan fingerprint density at radius 2 is 2.06 bits per heavy atom. The molecule has 1 atom stereocenters. The molecule has 0 heterocycles. The summed E-state index contributed by atoms with van der Waals surface area (Å²) in [5, 5.41) is 10.7. The summed E-state index contributed by atoms with van der Waals surface area (Å²) in [5.74, 6) is 0.452. The normalized spacial score (nSPS) is 31.2. The molecule has 0 aliphatic heterocycles. The first kappa shape index (κ1) is 12.9. The molecule has 0 radical (unpaired) electrons. The molecule has 3 N–H and O–H groups in total. The second-order valence-electron chi connectivity index (χ2n) is 5.42. The van der Waals surface area contributed by atoms with Crippen molar-refractivity contribution in [3.63, 3.8) is 0 Å². The van der Waals surface area contributed by atoms with Gasteiger partial charge in [-0.1, -0.05) is 23.7 Å². The topological polar surface area (TPSA) is 46.2 Å². The smallest absolute Gasteiger partial charge is 0.0620 e. The Balaban J connectivity index is 2.04. The molecule has 1 unspecified atom stereocenters. The maximum Gasteiger partial charge on any atom is 0.0620 e. The lowest BCUT2D eigenvalue weighted by atomic mass is 9.75. The van der Waals surface area contributed by atoms with E-state index >= 15 is 0 Å². The molecule has 1 aromatic carbocycles. The lowest BCUT2D eigenvalue weighted by Gasteiger charge is -2.35. The van der Waals surface area contributed by atoms with E-state index in [-0.39, 0.29) is 6.04 Å².